The molecule has 2 heterocycles. The van der Waals surface area contributed by atoms with E-state index in [2.05, 4.69) is 298 Å². The van der Waals surface area contributed by atoms with Crippen LogP contribution in [0.2, 0.25) is 0 Å². The van der Waals surface area contributed by atoms with Gasteiger partial charge >= 0.3 is 0 Å². The second-order valence-corrected chi connectivity index (χ2v) is 21.6. The molecule has 0 amide bonds. The highest BCUT2D eigenvalue weighted by atomic mass is 15.2. The fourth-order valence-electron chi connectivity index (χ4n) is 12.8. The van der Waals surface area contributed by atoms with Crippen LogP contribution in [0.15, 0.2) is 261 Å². The van der Waals surface area contributed by atoms with Crippen LogP contribution in [-0.2, 0) is 10.8 Å². The second-order valence-electron chi connectivity index (χ2n) is 21.6. The molecule has 0 fully saturated rings. The maximum Gasteiger partial charge on any atom is 0.252 e. The van der Waals surface area contributed by atoms with Gasteiger partial charge in [0, 0.05) is 45.0 Å². The smallest absolute Gasteiger partial charge is 0.252 e. The van der Waals surface area contributed by atoms with Gasteiger partial charge in [0.05, 0.1) is 0 Å². The first kappa shape index (κ1) is 44.8. The van der Waals surface area contributed by atoms with Crippen LogP contribution in [0.4, 0.5) is 34.1 Å². The monoisotopic (exact) mass is 958 g/mol. The summed E-state index contributed by atoms with van der Waals surface area (Å²) in [7, 11) is 0. The quantitative estimate of drug-likeness (QED) is 0.111. The summed E-state index contributed by atoms with van der Waals surface area (Å²) in [5, 5.41) is 7.42. The van der Waals surface area contributed by atoms with Crippen LogP contribution >= 0.6 is 0 Å². The van der Waals surface area contributed by atoms with Gasteiger partial charge in [-0.15, -0.1) is 0 Å². The van der Waals surface area contributed by atoms with Crippen LogP contribution in [0.3, 0.4) is 0 Å². The van der Waals surface area contributed by atoms with Gasteiger partial charge in [-0.25, -0.2) is 0 Å². The highest BCUT2D eigenvalue weighted by molar-refractivity contribution is 7.00. The summed E-state index contributed by atoms with van der Waals surface area (Å²) in [6.07, 6.45) is 0. The number of benzene rings is 12. The third kappa shape index (κ3) is 7.09. The van der Waals surface area contributed by atoms with E-state index in [4.69, 9.17) is 0 Å². The predicted molar refractivity (Wildman–Crippen MR) is 321 cm³/mol. The third-order valence-electron chi connectivity index (χ3n) is 16.8. The van der Waals surface area contributed by atoms with Gasteiger partial charge in [-0.05, 0) is 148 Å². The first-order chi connectivity index (χ1) is 36.7. The first-order valence-corrected chi connectivity index (χ1v) is 26.5. The lowest BCUT2D eigenvalue weighted by Crippen LogP contribution is -2.61. The summed E-state index contributed by atoms with van der Waals surface area (Å²) in [6, 6.07) is 97.7. The van der Waals surface area contributed by atoms with E-state index in [1.807, 2.05) is 0 Å². The van der Waals surface area contributed by atoms with Crippen molar-refractivity contribution in [2.24, 2.45) is 0 Å². The van der Waals surface area contributed by atoms with Gasteiger partial charge in [0.1, 0.15) is 0 Å². The third-order valence-corrected chi connectivity index (χ3v) is 16.8. The van der Waals surface area contributed by atoms with E-state index < -0.39 is 0 Å². The lowest BCUT2D eigenvalue weighted by molar-refractivity contribution is 0.641. The molecule has 12 aromatic rings. The zero-order valence-corrected chi connectivity index (χ0v) is 42.8. The molecular formula is C72H55BN2. The van der Waals surface area contributed by atoms with Gasteiger partial charge in [-0.2, -0.15) is 0 Å². The minimum Gasteiger partial charge on any atom is -0.311 e. The maximum atomic E-state index is 2.56. The lowest BCUT2D eigenvalue weighted by Gasteiger charge is -2.45. The molecule has 2 aliphatic rings. The van der Waals surface area contributed by atoms with Crippen molar-refractivity contribution in [1.29, 1.82) is 0 Å². The Hall–Kier alpha value is -8.92. The molecule has 0 bridgehead atoms. The second kappa shape index (κ2) is 17.4. The molecule has 0 atom stereocenters. The van der Waals surface area contributed by atoms with Crippen LogP contribution in [0.25, 0.3) is 54.6 Å². The van der Waals surface area contributed by atoms with Crippen LogP contribution in [0.5, 0.6) is 0 Å². The van der Waals surface area contributed by atoms with E-state index in [0.717, 1.165) is 11.4 Å². The van der Waals surface area contributed by atoms with Crippen LogP contribution < -0.4 is 26.2 Å². The van der Waals surface area contributed by atoms with Crippen molar-refractivity contribution in [2.75, 3.05) is 9.80 Å². The minimum absolute atomic E-state index is 0.0872. The summed E-state index contributed by atoms with van der Waals surface area (Å²) < 4.78 is 0. The van der Waals surface area contributed by atoms with Gasteiger partial charge in [0.2, 0.25) is 0 Å². The van der Waals surface area contributed by atoms with Gasteiger partial charge in [-0.1, -0.05) is 234 Å². The molecule has 0 radical (unpaired) electrons. The predicted octanol–water partition coefficient (Wildman–Crippen LogP) is 17.2. The number of rotatable bonds is 8. The molecule has 14 rings (SSSR count). The molecule has 356 valence electrons. The van der Waals surface area contributed by atoms with E-state index in [1.165, 1.54) is 116 Å². The van der Waals surface area contributed by atoms with Crippen molar-refractivity contribution in [3.63, 3.8) is 0 Å². The maximum absolute atomic E-state index is 2.56. The number of fused-ring (bicyclic) bond motifs is 7. The highest BCUT2D eigenvalue weighted by Crippen LogP contribution is 2.50. The molecule has 2 aliphatic heterocycles. The topological polar surface area (TPSA) is 6.48 Å². The molecule has 0 aromatic heterocycles. The molecular weight excluding hydrogens is 904 g/mol. The standard InChI is InChI=1S/C72H55BN2/c1-71(2,52-25-9-5-10-26-52)54-39-41-64-62(46-54)73-63-47-55(72(3,4)53-27-11-6-12-28-53)40-42-65(63)75(57-31-15-8-16-32-57)67-45-51(44-66(70(67)73)74(64)56-29-13-7-14-30-56)69-60-35-21-19-33-58(60)68(59-34-20-22-36-61(59)69)50-38-37-48-23-17-18-24-49(48)43-50/h5-47H,1-4H3. The van der Waals surface area contributed by atoms with Crippen molar-refractivity contribution in [2.45, 2.75) is 38.5 Å². The van der Waals surface area contributed by atoms with Crippen LogP contribution in [-0.4, -0.2) is 6.71 Å². The van der Waals surface area contributed by atoms with Gasteiger partial charge in [0.25, 0.3) is 6.71 Å². The largest absolute Gasteiger partial charge is 0.311 e. The molecule has 12 aromatic carbocycles. The van der Waals surface area contributed by atoms with Crippen molar-refractivity contribution in [1.82, 2.24) is 0 Å². The lowest BCUT2D eigenvalue weighted by atomic mass is 9.33. The SMILES string of the molecule is CC(C)(c1ccccc1)c1ccc2c(c1)B1c3cc(C(C)(C)c4ccccc4)ccc3N(c3ccccc3)c3cc(-c4c5ccccc5c(-c5ccc6ccccc6c5)c5ccccc45)cc(c31)N2c1ccccc1. The molecule has 0 spiro atoms. The fraction of sp³-hybridized carbons (Fsp3) is 0.0833. The van der Waals surface area contributed by atoms with Crippen molar-refractivity contribution in [3.8, 4) is 22.3 Å². The van der Waals surface area contributed by atoms with E-state index >= 15 is 0 Å². The average Bonchev–Trinajstić information content (AvgIpc) is 3.49. The molecule has 0 unspecified atom stereocenters. The molecule has 0 saturated heterocycles. The zero-order valence-electron chi connectivity index (χ0n) is 42.8. The summed E-state index contributed by atoms with van der Waals surface area (Å²) in [5.74, 6) is 0. The Morgan fingerprint density at radius 3 is 1.13 bits per heavy atom. The van der Waals surface area contributed by atoms with Crippen molar-refractivity contribution < 1.29 is 0 Å². The average molecular weight is 959 g/mol. The van der Waals surface area contributed by atoms with E-state index in [1.54, 1.807) is 0 Å². The minimum atomic E-state index is -0.257. The van der Waals surface area contributed by atoms with Crippen molar-refractivity contribution in [3.05, 3.63) is 283 Å². The summed E-state index contributed by atoms with van der Waals surface area (Å²) in [6.45, 7) is 9.41. The summed E-state index contributed by atoms with van der Waals surface area (Å²) >= 11 is 0. The Bertz CT molecular complexity index is 3960. The van der Waals surface area contributed by atoms with Gasteiger partial charge < -0.3 is 9.80 Å². The number of nitrogens with zero attached hydrogens (tertiary/aromatic N) is 2. The zero-order chi connectivity index (χ0) is 50.4. The Kier molecular flexibility index (Phi) is 10.4. The van der Waals surface area contributed by atoms with Crippen LogP contribution in [0.1, 0.15) is 49.9 Å². The molecule has 3 heteroatoms. The number of anilines is 6. The molecule has 0 aliphatic carbocycles. The Morgan fingerprint density at radius 1 is 0.293 bits per heavy atom. The molecule has 0 saturated carbocycles. The van der Waals surface area contributed by atoms with Crippen molar-refractivity contribution >= 4 is 89.5 Å². The van der Waals surface area contributed by atoms with Gasteiger partial charge in [-0.3, -0.25) is 0 Å². The Morgan fingerprint density at radius 2 is 0.680 bits per heavy atom. The Balaban J connectivity index is 1.10. The number of hydrogen-bond acceptors (Lipinski definition) is 2. The first-order valence-electron chi connectivity index (χ1n) is 26.5. The Labute approximate surface area is 440 Å². The normalized spacial score (nSPS) is 13.0. The molecule has 75 heavy (non-hydrogen) atoms. The number of hydrogen-bond donors (Lipinski definition) is 0. The van der Waals surface area contributed by atoms with E-state index in [9.17, 15) is 0 Å². The summed E-state index contributed by atoms with van der Waals surface area (Å²) in [5.41, 5.74) is 20.5. The highest BCUT2D eigenvalue weighted by Gasteiger charge is 2.45. The van der Waals surface area contributed by atoms with Gasteiger partial charge in [0.15, 0.2) is 0 Å². The van der Waals surface area contributed by atoms with E-state index in [0.29, 0.717) is 0 Å². The van der Waals surface area contributed by atoms with E-state index in [-0.39, 0.29) is 17.5 Å². The van der Waals surface area contributed by atoms with Crippen LogP contribution in [0, 0.1) is 0 Å². The molecule has 2 nitrogen and oxygen atoms in total. The number of para-hydroxylation sites is 2. The summed E-state index contributed by atoms with van der Waals surface area (Å²) in [4.78, 5) is 5.13. The fourth-order valence-corrected chi connectivity index (χ4v) is 12.8. The molecule has 0 N–H and O–H groups in total.